The molecule has 0 radical (unpaired) electrons. The van der Waals surface area contributed by atoms with E-state index in [0.717, 1.165) is 5.56 Å². The zero-order valence-electron chi connectivity index (χ0n) is 11.2. The number of hydrogen-bond acceptors (Lipinski definition) is 4. The highest BCUT2D eigenvalue weighted by molar-refractivity contribution is 5.45. The summed E-state index contributed by atoms with van der Waals surface area (Å²) in [5.74, 6) is 1.80. The van der Waals surface area contributed by atoms with E-state index >= 15 is 0 Å². The first-order valence-corrected chi connectivity index (χ1v) is 6.18. The molecule has 0 amide bonds. The van der Waals surface area contributed by atoms with Crippen LogP contribution in [0.5, 0.6) is 17.2 Å². The fourth-order valence-electron chi connectivity index (χ4n) is 1.71. The van der Waals surface area contributed by atoms with Crippen molar-refractivity contribution in [2.75, 3.05) is 13.7 Å². The number of ether oxygens (including phenoxy) is 3. The topological polar surface area (TPSA) is 51.5 Å². The first-order chi connectivity index (χ1) is 9.83. The average molecular weight is 269 g/mol. The van der Waals surface area contributed by atoms with Gasteiger partial charge < -0.3 is 14.2 Å². The molecule has 0 bridgehead atoms. The van der Waals surface area contributed by atoms with Gasteiger partial charge in [-0.15, -0.1) is 0 Å². The van der Waals surface area contributed by atoms with E-state index in [2.05, 4.69) is 0 Å². The monoisotopic (exact) mass is 269 g/mol. The number of methoxy groups -OCH3 is 1. The summed E-state index contributed by atoms with van der Waals surface area (Å²) in [6.07, 6.45) is 0. The highest BCUT2D eigenvalue weighted by atomic mass is 16.5. The molecule has 2 aromatic rings. The van der Waals surface area contributed by atoms with Crippen LogP contribution in [0.15, 0.2) is 48.5 Å². The summed E-state index contributed by atoms with van der Waals surface area (Å²) in [6, 6.07) is 17.0. The molecule has 0 atom stereocenters. The molecular formula is C16H15NO3. The van der Waals surface area contributed by atoms with Gasteiger partial charge in [-0.1, -0.05) is 30.3 Å². The largest absolute Gasteiger partial charge is 0.493 e. The van der Waals surface area contributed by atoms with Crippen LogP contribution >= 0.6 is 0 Å². The van der Waals surface area contributed by atoms with Gasteiger partial charge in [0.1, 0.15) is 18.4 Å². The van der Waals surface area contributed by atoms with Gasteiger partial charge in [-0.3, -0.25) is 0 Å². The number of nitriles is 1. The first-order valence-electron chi connectivity index (χ1n) is 6.18. The van der Waals surface area contributed by atoms with E-state index in [1.54, 1.807) is 25.3 Å². The molecule has 4 nitrogen and oxygen atoms in total. The van der Waals surface area contributed by atoms with Gasteiger partial charge in [0.25, 0.3) is 0 Å². The van der Waals surface area contributed by atoms with Gasteiger partial charge in [0, 0.05) is 6.07 Å². The van der Waals surface area contributed by atoms with Crippen molar-refractivity contribution in [2.45, 2.75) is 6.61 Å². The lowest BCUT2D eigenvalue weighted by Crippen LogP contribution is -1.99. The molecule has 0 fully saturated rings. The smallest absolute Gasteiger partial charge is 0.174 e. The first kappa shape index (κ1) is 13.8. The van der Waals surface area contributed by atoms with Crippen LogP contribution in [0.25, 0.3) is 0 Å². The molecule has 0 unspecified atom stereocenters. The Morgan fingerprint density at radius 1 is 1.00 bits per heavy atom. The van der Waals surface area contributed by atoms with Gasteiger partial charge in [0.2, 0.25) is 0 Å². The fourth-order valence-corrected chi connectivity index (χ4v) is 1.71. The lowest BCUT2D eigenvalue weighted by Gasteiger charge is -2.12. The van der Waals surface area contributed by atoms with Gasteiger partial charge in [-0.2, -0.15) is 5.26 Å². The molecule has 20 heavy (non-hydrogen) atoms. The van der Waals surface area contributed by atoms with Crippen molar-refractivity contribution >= 4 is 0 Å². The molecular weight excluding hydrogens is 254 g/mol. The maximum Gasteiger partial charge on any atom is 0.174 e. The van der Waals surface area contributed by atoms with Crippen LogP contribution in [0.2, 0.25) is 0 Å². The minimum absolute atomic E-state index is 0.00442. The van der Waals surface area contributed by atoms with E-state index < -0.39 is 0 Å². The molecule has 2 rings (SSSR count). The minimum atomic E-state index is 0.00442. The van der Waals surface area contributed by atoms with Crippen molar-refractivity contribution < 1.29 is 14.2 Å². The van der Waals surface area contributed by atoms with Crippen LogP contribution in [0.4, 0.5) is 0 Å². The van der Waals surface area contributed by atoms with Crippen LogP contribution in [-0.4, -0.2) is 13.7 Å². The highest BCUT2D eigenvalue weighted by Crippen LogP contribution is 2.31. The van der Waals surface area contributed by atoms with Gasteiger partial charge in [0.15, 0.2) is 18.1 Å². The molecule has 0 aromatic heterocycles. The lowest BCUT2D eigenvalue weighted by molar-refractivity contribution is 0.281. The van der Waals surface area contributed by atoms with E-state index in [1.165, 1.54) is 0 Å². The second-order valence-corrected chi connectivity index (χ2v) is 4.03. The third kappa shape index (κ3) is 3.66. The fraction of sp³-hybridized carbons (Fsp3) is 0.188. The summed E-state index contributed by atoms with van der Waals surface area (Å²) < 4.78 is 16.2. The molecule has 0 heterocycles. The Hall–Kier alpha value is -2.67. The van der Waals surface area contributed by atoms with Crippen molar-refractivity contribution in [2.24, 2.45) is 0 Å². The summed E-state index contributed by atoms with van der Waals surface area (Å²) in [4.78, 5) is 0. The van der Waals surface area contributed by atoms with E-state index in [1.807, 2.05) is 36.4 Å². The summed E-state index contributed by atoms with van der Waals surface area (Å²) in [5.41, 5.74) is 1.07. The lowest BCUT2D eigenvalue weighted by atomic mass is 10.2. The zero-order chi connectivity index (χ0) is 14.2. The third-order valence-corrected chi connectivity index (χ3v) is 2.68. The second kappa shape index (κ2) is 7.05. The van der Waals surface area contributed by atoms with E-state index in [9.17, 15) is 0 Å². The minimum Gasteiger partial charge on any atom is -0.493 e. The molecule has 0 aliphatic carbocycles. The molecule has 0 N–H and O–H groups in total. The van der Waals surface area contributed by atoms with Gasteiger partial charge in [-0.25, -0.2) is 0 Å². The molecule has 4 heteroatoms. The van der Waals surface area contributed by atoms with Crippen LogP contribution < -0.4 is 14.2 Å². The molecule has 2 aromatic carbocycles. The van der Waals surface area contributed by atoms with Crippen LogP contribution in [-0.2, 0) is 6.61 Å². The molecule has 102 valence electrons. The summed E-state index contributed by atoms with van der Waals surface area (Å²) >= 11 is 0. The predicted molar refractivity (Wildman–Crippen MR) is 74.9 cm³/mol. The Balaban J connectivity index is 2.10. The normalized spacial score (nSPS) is 9.60. The van der Waals surface area contributed by atoms with Gasteiger partial charge >= 0.3 is 0 Å². The number of benzene rings is 2. The number of rotatable bonds is 6. The quantitative estimate of drug-likeness (QED) is 0.808. The summed E-state index contributed by atoms with van der Waals surface area (Å²) in [6.45, 7) is 0.448. The number of hydrogen-bond donors (Lipinski definition) is 0. The Bertz CT molecular complexity index is 590. The standard InChI is InChI=1S/C16H15NO3/c1-18-15-8-7-14(19-10-9-17)11-16(15)20-12-13-5-3-2-4-6-13/h2-8,11H,10,12H2,1H3. The van der Waals surface area contributed by atoms with Gasteiger partial charge in [-0.05, 0) is 17.7 Å². The molecule has 0 saturated carbocycles. The average Bonchev–Trinajstić information content (AvgIpc) is 2.52. The zero-order valence-corrected chi connectivity index (χ0v) is 11.2. The van der Waals surface area contributed by atoms with Crippen LogP contribution in [0.3, 0.4) is 0 Å². The predicted octanol–water partition coefficient (Wildman–Crippen LogP) is 3.18. The van der Waals surface area contributed by atoms with Crippen molar-refractivity contribution in [3.63, 3.8) is 0 Å². The van der Waals surface area contributed by atoms with Crippen molar-refractivity contribution in [1.29, 1.82) is 5.26 Å². The second-order valence-electron chi connectivity index (χ2n) is 4.03. The Kier molecular flexibility index (Phi) is 4.85. The maximum absolute atomic E-state index is 8.52. The molecule has 0 spiro atoms. The van der Waals surface area contributed by atoms with Crippen LogP contribution in [0, 0.1) is 11.3 Å². The summed E-state index contributed by atoms with van der Waals surface area (Å²) in [5, 5.41) is 8.52. The van der Waals surface area contributed by atoms with Crippen molar-refractivity contribution in [3.8, 4) is 23.3 Å². The SMILES string of the molecule is COc1ccc(OCC#N)cc1OCc1ccccc1. The molecule has 0 saturated heterocycles. The Morgan fingerprint density at radius 2 is 1.80 bits per heavy atom. The number of nitrogens with zero attached hydrogens (tertiary/aromatic N) is 1. The summed E-state index contributed by atoms with van der Waals surface area (Å²) in [7, 11) is 1.58. The van der Waals surface area contributed by atoms with E-state index in [4.69, 9.17) is 19.5 Å². The Labute approximate surface area is 118 Å². The van der Waals surface area contributed by atoms with E-state index in [0.29, 0.717) is 23.9 Å². The van der Waals surface area contributed by atoms with E-state index in [-0.39, 0.29) is 6.61 Å². The maximum atomic E-state index is 8.52. The van der Waals surface area contributed by atoms with Crippen LogP contribution in [0.1, 0.15) is 5.56 Å². The molecule has 0 aliphatic rings. The van der Waals surface area contributed by atoms with Gasteiger partial charge in [0.05, 0.1) is 7.11 Å². The van der Waals surface area contributed by atoms with Crippen molar-refractivity contribution in [3.05, 3.63) is 54.1 Å². The van der Waals surface area contributed by atoms with Crippen molar-refractivity contribution in [1.82, 2.24) is 0 Å². The highest BCUT2D eigenvalue weighted by Gasteiger charge is 2.07. The Morgan fingerprint density at radius 3 is 2.50 bits per heavy atom. The molecule has 0 aliphatic heterocycles. The third-order valence-electron chi connectivity index (χ3n) is 2.68.